The van der Waals surface area contributed by atoms with Crippen LogP contribution < -0.4 is 15.5 Å². The molecule has 0 saturated heterocycles. The summed E-state index contributed by atoms with van der Waals surface area (Å²) in [5, 5.41) is 6.42. The van der Waals surface area contributed by atoms with E-state index in [0.29, 0.717) is 5.75 Å². The van der Waals surface area contributed by atoms with E-state index in [1.165, 1.54) is 6.07 Å². The van der Waals surface area contributed by atoms with E-state index in [2.05, 4.69) is 15.8 Å². The van der Waals surface area contributed by atoms with Crippen LogP contribution in [-0.2, 0) is 4.79 Å². The van der Waals surface area contributed by atoms with Crippen molar-refractivity contribution in [3.8, 4) is 5.75 Å². The van der Waals surface area contributed by atoms with Gasteiger partial charge < -0.3 is 10.1 Å². The number of nitrogens with zero attached hydrogens (tertiary/aromatic N) is 1. The summed E-state index contributed by atoms with van der Waals surface area (Å²) in [7, 11) is 1.56. The smallest absolute Gasteiger partial charge is 0.259 e. The Labute approximate surface area is 132 Å². The van der Waals surface area contributed by atoms with Gasteiger partial charge in [-0.3, -0.25) is 4.79 Å². The third-order valence-corrected chi connectivity index (χ3v) is 2.93. The first-order valence-electron chi connectivity index (χ1n) is 6.74. The highest BCUT2D eigenvalue weighted by Gasteiger charge is 2.05. The van der Waals surface area contributed by atoms with E-state index >= 15 is 0 Å². The number of carbonyl (C=O) groups excluding carboxylic acids is 1. The molecule has 0 aliphatic carbocycles. The van der Waals surface area contributed by atoms with E-state index in [9.17, 15) is 13.6 Å². The van der Waals surface area contributed by atoms with Crippen LogP contribution in [0.25, 0.3) is 0 Å². The number of ether oxygens (including phenoxy) is 1. The van der Waals surface area contributed by atoms with E-state index in [-0.39, 0.29) is 12.1 Å². The lowest BCUT2D eigenvalue weighted by molar-refractivity contribution is -0.119. The first-order valence-corrected chi connectivity index (χ1v) is 6.74. The number of anilines is 1. The van der Waals surface area contributed by atoms with Crippen LogP contribution in [0.1, 0.15) is 5.56 Å². The minimum atomic E-state index is -0.751. The number of rotatable bonds is 6. The predicted molar refractivity (Wildman–Crippen MR) is 83.6 cm³/mol. The fourth-order valence-corrected chi connectivity index (χ4v) is 1.73. The third kappa shape index (κ3) is 4.77. The van der Waals surface area contributed by atoms with Crippen molar-refractivity contribution >= 4 is 17.8 Å². The van der Waals surface area contributed by atoms with E-state index in [1.807, 2.05) is 0 Å². The number of hydrogen-bond acceptors (Lipinski definition) is 4. The number of hydrazone groups is 1. The van der Waals surface area contributed by atoms with Crippen molar-refractivity contribution in [2.45, 2.75) is 0 Å². The van der Waals surface area contributed by atoms with Crippen molar-refractivity contribution in [2.24, 2.45) is 5.10 Å². The molecule has 2 aromatic rings. The zero-order chi connectivity index (χ0) is 16.7. The highest BCUT2D eigenvalue weighted by atomic mass is 19.1. The molecule has 0 atom stereocenters. The van der Waals surface area contributed by atoms with Gasteiger partial charge in [0, 0.05) is 5.69 Å². The van der Waals surface area contributed by atoms with Gasteiger partial charge in [-0.1, -0.05) is 6.07 Å². The summed E-state index contributed by atoms with van der Waals surface area (Å²) in [6.07, 6.45) is 0.927. The second kappa shape index (κ2) is 7.88. The standard InChI is InChI=1S/C16H15F2N3O2/c1-23-12-7-5-11(6-8-12)19-10-16(22)21-20-9-13-14(17)3-2-4-15(13)18/h2-9,19H,10H2,1H3,(H,21,22)/b20-9-. The van der Waals surface area contributed by atoms with Gasteiger partial charge >= 0.3 is 0 Å². The van der Waals surface area contributed by atoms with Crippen LogP contribution in [0.2, 0.25) is 0 Å². The average Bonchev–Trinajstić information content (AvgIpc) is 2.56. The molecule has 5 nitrogen and oxygen atoms in total. The van der Waals surface area contributed by atoms with Gasteiger partial charge in [-0.15, -0.1) is 0 Å². The molecule has 0 aliphatic rings. The van der Waals surface area contributed by atoms with Gasteiger partial charge in [0.05, 0.1) is 25.4 Å². The largest absolute Gasteiger partial charge is 0.497 e. The highest BCUT2D eigenvalue weighted by molar-refractivity contribution is 5.84. The Balaban J connectivity index is 1.84. The summed E-state index contributed by atoms with van der Waals surface area (Å²) in [5.74, 6) is -1.25. The Bertz CT molecular complexity index is 683. The van der Waals surface area contributed by atoms with Crippen LogP contribution in [0.4, 0.5) is 14.5 Å². The molecule has 0 unspecified atom stereocenters. The molecule has 23 heavy (non-hydrogen) atoms. The van der Waals surface area contributed by atoms with Gasteiger partial charge in [0.15, 0.2) is 0 Å². The molecule has 7 heteroatoms. The number of hydrogen-bond donors (Lipinski definition) is 2. The fraction of sp³-hybridized carbons (Fsp3) is 0.125. The van der Waals surface area contributed by atoms with Crippen molar-refractivity contribution in [1.29, 1.82) is 0 Å². The van der Waals surface area contributed by atoms with Gasteiger partial charge in [-0.2, -0.15) is 5.10 Å². The number of methoxy groups -OCH3 is 1. The van der Waals surface area contributed by atoms with Gasteiger partial charge in [0.2, 0.25) is 0 Å². The molecule has 0 aromatic heterocycles. The zero-order valence-electron chi connectivity index (χ0n) is 12.3. The Morgan fingerprint density at radius 1 is 1.17 bits per heavy atom. The molecule has 2 N–H and O–H groups in total. The summed E-state index contributed by atoms with van der Waals surface area (Å²) in [6.45, 7) is -0.0383. The van der Waals surface area contributed by atoms with Crippen LogP contribution in [0, 0.1) is 11.6 Å². The quantitative estimate of drug-likeness (QED) is 0.635. The van der Waals surface area contributed by atoms with Gasteiger partial charge in [0.1, 0.15) is 17.4 Å². The number of carbonyl (C=O) groups is 1. The van der Waals surface area contributed by atoms with E-state index in [0.717, 1.165) is 24.0 Å². The van der Waals surface area contributed by atoms with Crippen LogP contribution >= 0.6 is 0 Å². The minimum absolute atomic E-state index is 0.0383. The maximum absolute atomic E-state index is 13.3. The molecule has 0 saturated carbocycles. The van der Waals surface area contributed by atoms with Gasteiger partial charge in [0.25, 0.3) is 5.91 Å². The molecular formula is C16H15F2N3O2. The monoisotopic (exact) mass is 319 g/mol. The Hall–Kier alpha value is -2.96. The molecule has 0 aliphatic heterocycles. The maximum atomic E-state index is 13.3. The van der Waals surface area contributed by atoms with Gasteiger partial charge in [-0.25, -0.2) is 14.2 Å². The predicted octanol–water partition coefficient (Wildman–Crippen LogP) is 2.54. The lowest BCUT2D eigenvalue weighted by Gasteiger charge is -2.06. The van der Waals surface area contributed by atoms with Crippen molar-refractivity contribution in [3.05, 3.63) is 59.7 Å². The van der Waals surface area contributed by atoms with Crippen LogP contribution in [0.3, 0.4) is 0 Å². The van der Waals surface area contributed by atoms with E-state index in [1.54, 1.807) is 31.4 Å². The lowest BCUT2D eigenvalue weighted by atomic mass is 10.2. The summed E-state index contributed by atoms with van der Waals surface area (Å²) < 4.78 is 31.7. The van der Waals surface area contributed by atoms with E-state index in [4.69, 9.17) is 4.74 Å². The number of halogens is 2. The molecule has 120 valence electrons. The second-order valence-electron chi connectivity index (χ2n) is 4.51. The molecule has 0 bridgehead atoms. The summed E-state index contributed by atoms with van der Waals surface area (Å²) in [6, 6.07) is 10.5. The molecule has 2 rings (SSSR count). The Morgan fingerprint density at radius 3 is 2.43 bits per heavy atom. The second-order valence-corrected chi connectivity index (χ2v) is 4.51. The van der Waals surface area contributed by atoms with Crippen molar-refractivity contribution in [3.63, 3.8) is 0 Å². The topological polar surface area (TPSA) is 62.7 Å². The Kier molecular flexibility index (Phi) is 5.62. The maximum Gasteiger partial charge on any atom is 0.259 e. The highest BCUT2D eigenvalue weighted by Crippen LogP contribution is 2.14. The molecular weight excluding hydrogens is 304 g/mol. The number of amides is 1. The first-order chi connectivity index (χ1) is 11.1. The molecule has 0 fully saturated rings. The molecule has 0 radical (unpaired) electrons. The molecule has 1 amide bonds. The van der Waals surface area contributed by atoms with Crippen LogP contribution in [-0.4, -0.2) is 25.8 Å². The SMILES string of the molecule is COc1ccc(NCC(=O)N/N=C\c2c(F)cccc2F)cc1. The van der Waals surface area contributed by atoms with Crippen molar-refractivity contribution in [1.82, 2.24) is 5.43 Å². The summed E-state index contributed by atoms with van der Waals surface area (Å²) in [4.78, 5) is 11.6. The first kappa shape index (κ1) is 16.4. The van der Waals surface area contributed by atoms with E-state index < -0.39 is 17.5 Å². The molecule has 0 spiro atoms. The normalized spacial score (nSPS) is 10.6. The fourth-order valence-electron chi connectivity index (χ4n) is 1.73. The van der Waals surface area contributed by atoms with Crippen LogP contribution in [0.5, 0.6) is 5.75 Å². The lowest BCUT2D eigenvalue weighted by Crippen LogP contribution is -2.25. The molecule has 0 heterocycles. The van der Waals surface area contributed by atoms with Gasteiger partial charge in [-0.05, 0) is 36.4 Å². The van der Waals surface area contributed by atoms with Crippen molar-refractivity contribution in [2.75, 3.05) is 19.0 Å². The minimum Gasteiger partial charge on any atom is -0.497 e. The number of benzene rings is 2. The average molecular weight is 319 g/mol. The third-order valence-electron chi connectivity index (χ3n) is 2.93. The molecule has 2 aromatic carbocycles. The zero-order valence-corrected chi connectivity index (χ0v) is 12.3. The number of nitrogens with one attached hydrogen (secondary N) is 2. The summed E-state index contributed by atoms with van der Waals surface area (Å²) >= 11 is 0. The summed E-state index contributed by atoms with van der Waals surface area (Å²) in [5.41, 5.74) is 2.61. The van der Waals surface area contributed by atoms with Crippen LogP contribution in [0.15, 0.2) is 47.6 Å². The van der Waals surface area contributed by atoms with Crippen molar-refractivity contribution < 1.29 is 18.3 Å². The Morgan fingerprint density at radius 2 is 1.83 bits per heavy atom.